The Morgan fingerprint density at radius 1 is 1.40 bits per heavy atom. The van der Waals surface area contributed by atoms with Crippen molar-refractivity contribution in [3.05, 3.63) is 23.5 Å². The lowest BCUT2D eigenvalue weighted by atomic mass is 9.89. The molecule has 1 saturated carbocycles. The van der Waals surface area contributed by atoms with E-state index in [1.54, 1.807) is 30.8 Å². The summed E-state index contributed by atoms with van der Waals surface area (Å²) in [7, 11) is 1.68. The molecule has 2 aromatic rings. The van der Waals surface area contributed by atoms with Crippen LogP contribution in [0.25, 0.3) is 11.4 Å². The van der Waals surface area contributed by atoms with Crippen LogP contribution >= 0.6 is 0 Å². The summed E-state index contributed by atoms with van der Waals surface area (Å²) in [6.45, 7) is 1.67. The van der Waals surface area contributed by atoms with Gasteiger partial charge in [0.1, 0.15) is 5.82 Å². The maximum Gasteiger partial charge on any atom is 0.185 e. The van der Waals surface area contributed by atoms with Crippen LogP contribution in [0.2, 0.25) is 0 Å². The molecule has 106 valence electrons. The molecule has 1 aliphatic rings. The molecule has 1 aliphatic carbocycles. The summed E-state index contributed by atoms with van der Waals surface area (Å²) in [6, 6.07) is 3.31. The van der Waals surface area contributed by atoms with Crippen LogP contribution in [-0.4, -0.2) is 33.4 Å². The predicted octanol–water partition coefficient (Wildman–Crippen LogP) is 1.72. The molecule has 0 saturated heterocycles. The van der Waals surface area contributed by atoms with Crippen LogP contribution in [0.1, 0.15) is 24.4 Å². The number of nitrogen functional groups attached to an aromatic ring is 1. The molecule has 1 aromatic heterocycles. The smallest absolute Gasteiger partial charge is 0.185 e. The Morgan fingerprint density at radius 3 is 2.85 bits per heavy atom. The number of rotatable bonds is 3. The maximum atomic E-state index is 14.3. The minimum absolute atomic E-state index is 0.145. The van der Waals surface area contributed by atoms with Gasteiger partial charge in [-0.2, -0.15) is 0 Å². The van der Waals surface area contributed by atoms with Crippen LogP contribution in [-0.2, 0) is 4.74 Å². The lowest BCUT2D eigenvalue weighted by molar-refractivity contribution is 0.00246. The van der Waals surface area contributed by atoms with Crippen LogP contribution in [0.5, 0.6) is 0 Å². The van der Waals surface area contributed by atoms with Gasteiger partial charge in [0.15, 0.2) is 5.82 Å². The van der Waals surface area contributed by atoms with Crippen molar-refractivity contribution < 1.29 is 9.13 Å². The number of nitrogens with zero attached hydrogens (tertiary/aromatic N) is 4. The third kappa shape index (κ3) is 2.03. The number of aromatic nitrogens is 4. The Kier molecular flexibility index (Phi) is 3.13. The first-order valence-electron chi connectivity index (χ1n) is 6.46. The first-order valence-corrected chi connectivity index (χ1v) is 6.46. The number of tetrazole rings is 1. The van der Waals surface area contributed by atoms with E-state index in [0.29, 0.717) is 22.6 Å². The van der Waals surface area contributed by atoms with E-state index in [9.17, 15) is 4.39 Å². The minimum Gasteiger partial charge on any atom is -0.399 e. The molecular formula is C13H16FN5O. The van der Waals surface area contributed by atoms with Crippen LogP contribution in [0.3, 0.4) is 0 Å². The quantitative estimate of drug-likeness (QED) is 0.864. The monoisotopic (exact) mass is 277 g/mol. The van der Waals surface area contributed by atoms with Crippen LogP contribution < -0.4 is 5.73 Å². The number of ether oxygens (including phenoxy) is 1. The van der Waals surface area contributed by atoms with E-state index in [0.717, 1.165) is 12.8 Å². The Bertz CT molecular complexity index is 636. The summed E-state index contributed by atoms with van der Waals surface area (Å²) in [6.07, 6.45) is 1.89. The second kappa shape index (κ2) is 4.82. The molecule has 6 nitrogen and oxygen atoms in total. The van der Waals surface area contributed by atoms with Gasteiger partial charge >= 0.3 is 0 Å². The van der Waals surface area contributed by atoms with Gasteiger partial charge in [-0.3, -0.25) is 0 Å². The van der Waals surface area contributed by atoms with Gasteiger partial charge in [0.05, 0.1) is 17.7 Å². The normalized spacial score (nSPS) is 21.8. The summed E-state index contributed by atoms with van der Waals surface area (Å²) >= 11 is 0. The fourth-order valence-electron chi connectivity index (χ4n) is 2.51. The van der Waals surface area contributed by atoms with Crippen molar-refractivity contribution in [2.24, 2.45) is 0 Å². The van der Waals surface area contributed by atoms with Gasteiger partial charge in [0.25, 0.3) is 0 Å². The zero-order valence-corrected chi connectivity index (χ0v) is 11.4. The summed E-state index contributed by atoms with van der Waals surface area (Å²) in [5.74, 6) is 0.0790. The van der Waals surface area contributed by atoms with E-state index >= 15 is 0 Å². The highest BCUT2D eigenvalue weighted by Crippen LogP contribution is 2.36. The minimum atomic E-state index is -0.335. The molecule has 0 bridgehead atoms. The maximum absolute atomic E-state index is 14.3. The van der Waals surface area contributed by atoms with E-state index in [1.807, 2.05) is 0 Å². The summed E-state index contributed by atoms with van der Waals surface area (Å²) in [5, 5.41) is 11.6. The van der Waals surface area contributed by atoms with Crippen molar-refractivity contribution in [1.82, 2.24) is 20.2 Å². The van der Waals surface area contributed by atoms with E-state index in [1.165, 1.54) is 0 Å². The number of benzene rings is 1. The third-order valence-electron chi connectivity index (χ3n) is 3.76. The van der Waals surface area contributed by atoms with Crippen molar-refractivity contribution in [3.63, 3.8) is 0 Å². The Morgan fingerprint density at radius 2 is 2.15 bits per heavy atom. The van der Waals surface area contributed by atoms with Gasteiger partial charge in [-0.25, -0.2) is 9.07 Å². The zero-order valence-electron chi connectivity index (χ0n) is 11.4. The molecule has 1 heterocycles. The third-order valence-corrected chi connectivity index (χ3v) is 3.76. The Balaban J connectivity index is 1.98. The summed E-state index contributed by atoms with van der Waals surface area (Å²) < 4.78 is 21.2. The Labute approximate surface area is 115 Å². The highest BCUT2D eigenvalue weighted by atomic mass is 19.1. The molecule has 0 unspecified atom stereocenters. The number of halogens is 1. The molecule has 3 rings (SSSR count). The molecule has 2 N–H and O–H groups in total. The molecule has 0 atom stereocenters. The van der Waals surface area contributed by atoms with E-state index < -0.39 is 0 Å². The Hall–Kier alpha value is -2.02. The first-order chi connectivity index (χ1) is 9.60. The van der Waals surface area contributed by atoms with Crippen molar-refractivity contribution in [2.45, 2.75) is 31.9 Å². The van der Waals surface area contributed by atoms with Gasteiger partial charge in [0, 0.05) is 12.8 Å². The highest BCUT2D eigenvalue weighted by Gasteiger charge is 2.33. The molecule has 0 radical (unpaired) electrons. The first kappa shape index (κ1) is 13.0. The van der Waals surface area contributed by atoms with Gasteiger partial charge in [-0.1, -0.05) is 0 Å². The molecule has 0 spiro atoms. The molecule has 1 aromatic carbocycles. The molecule has 1 fully saturated rings. The summed E-state index contributed by atoms with van der Waals surface area (Å²) in [5.41, 5.74) is 7.11. The van der Waals surface area contributed by atoms with E-state index in [2.05, 4.69) is 15.5 Å². The number of nitrogens with two attached hydrogens (primary N) is 1. The zero-order chi connectivity index (χ0) is 14.3. The van der Waals surface area contributed by atoms with Crippen LogP contribution in [0, 0.1) is 12.7 Å². The second-order valence-electron chi connectivity index (χ2n) is 5.13. The van der Waals surface area contributed by atoms with Crippen molar-refractivity contribution in [1.29, 1.82) is 0 Å². The van der Waals surface area contributed by atoms with E-state index in [-0.39, 0.29) is 18.0 Å². The van der Waals surface area contributed by atoms with Crippen molar-refractivity contribution in [3.8, 4) is 11.4 Å². The predicted molar refractivity (Wildman–Crippen MR) is 71.4 cm³/mol. The van der Waals surface area contributed by atoms with Gasteiger partial charge < -0.3 is 10.5 Å². The molecule has 7 heteroatoms. The SMILES string of the molecule is COC1CC(n2nnnc2-c2cc(N)cc(C)c2F)C1. The highest BCUT2D eigenvalue weighted by molar-refractivity contribution is 5.63. The number of hydrogen-bond donors (Lipinski definition) is 1. The number of aryl methyl sites for hydroxylation is 1. The molecular weight excluding hydrogens is 261 g/mol. The van der Waals surface area contributed by atoms with Gasteiger partial charge in [-0.15, -0.1) is 5.10 Å². The number of methoxy groups -OCH3 is 1. The fraction of sp³-hybridized carbons (Fsp3) is 0.462. The lowest BCUT2D eigenvalue weighted by Crippen LogP contribution is -2.33. The lowest BCUT2D eigenvalue weighted by Gasteiger charge is -2.34. The van der Waals surface area contributed by atoms with Gasteiger partial charge in [-0.05, 0) is 47.9 Å². The van der Waals surface area contributed by atoms with Crippen molar-refractivity contribution in [2.75, 3.05) is 12.8 Å². The van der Waals surface area contributed by atoms with Crippen LogP contribution in [0.15, 0.2) is 12.1 Å². The molecule has 0 amide bonds. The topological polar surface area (TPSA) is 78.8 Å². The average molecular weight is 277 g/mol. The summed E-state index contributed by atoms with van der Waals surface area (Å²) in [4.78, 5) is 0. The standard InChI is InChI=1S/C13H16FN5O/c1-7-3-8(15)4-11(12(7)14)13-16-17-18-19(13)9-5-10(6-9)20-2/h3-4,9-10H,5-6,15H2,1-2H3. The number of anilines is 1. The average Bonchev–Trinajstić information content (AvgIpc) is 2.81. The van der Waals surface area contributed by atoms with Crippen molar-refractivity contribution >= 4 is 5.69 Å². The molecule has 20 heavy (non-hydrogen) atoms. The van der Waals surface area contributed by atoms with E-state index in [4.69, 9.17) is 10.5 Å². The fourth-order valence-corrected chi connectivity index (χ4v) is 2.51. The largest absolute Gasteiger partial charge is 0.399 e. The number of hydrogen-bond acceptors (Lipinski definition) is 5. The van der Waals surface area contributed by atoms with Crippen LogP contribution in [0.4, 0.5) is 10.1 Å². The molecule has 0 aliphatic heterocycles. The second-order valence-corrected chi connectivity index (χ2v) is 5.13. The van der Waals surface area contributed by atoms with Gasteiger partial charge in [0.2, 0.25) is 0 Å².